The number of rotatable bonds is 19. The maximum absolute atomic E-state index is 11.2. The van der Waals surface area contributed by atoms with Gasteiger partial charge in [0.25, 0.3) is 0 Å². The number of unbranched alkanes of at least 4 members (excludes halogenated alkanes) is 1. The van der Waals surface area contributed by atoms with Crippen molar-refractivity contribution in [2.75, 3.05) is 6.61 Å². The first-order valence-corrected chi connectivity index (χ1v) is 26.3. The van der Waals surface area contributed by atoms with Crippen molar-refractivity contribution in [1.82, 2.24) is 0 Å². The molecule has 260 valence electrons. The Bertz CT molecular complexity index is 1050. The van der Waals surface area contributed by atoms with E-state index in [1.54, 1.807) is 0 Å². The van der Waals surface area contributed by atoms with Gasteiger partial charge in [-0.3, -0.25) is 0 Å². The average molecular weight is 681 g/mol. The molecule has 6 nitrogen and oxygen atoms in total. The highest BCUT2D eigenvalue weighted by Gasteiger charge is 2.45. The highest BCUT2D eigenvalue weighted by atomic mass is 28.4. The van der Waals surface area contributed by atoms with Gasteiger partial charge in [-0.2, -0.15) is 0 Å². The molecule has 0 saturated heterocycles. The summed E-state index contributed by atoms with van der Waals surface area (Å²) in [4.78, 5) is 11.2. The molecule has 9 heteroatoms. The average Bonchev–Trinajstić information content (AvgIpc) is 3.22. The van der Waals surface area contributed by atoms with Crippen LogP contribution in [0.25, 0.3) is 0 Å². The van der Waals surface area contributed by atoms with Crippen molar-refractivity contribution in [2.24, 2.45) is 5.92 Å². The van der Waals surface area contributed by atoms with Gasteiger partial charge in [-0.1, -0.05) is 85.3 Å². The summed E-state index contributed by atoms with van der Waals surface area (Å²) in [6.45, 7) is 31.3. The molecule has 0 aromatic heterocycles. The molecule has 0 spiro atoms. The van der Waals surface area contributed by atoms with Gasteiger partial charge in [0.1, 0.15) is 6.61 Å². The van der Waals surface area contributed by atoms with Crippen LogP contribution in [0.4, 0.5) is 0 Å². The molecule has 1 aliphatic carbocycles. The van der Waals surface area contributed by atoms with Crippen molar-refractivity contribution in [3.63, 3.8) is 0 Å². The van der Waals surface area contributed by atoms with E-state index in [1.165, 1.54) is 12.5 Å². The van der Waals surface area contributed by atoms with Gasteiger partial charge >= 0.3 is 5.97 Å². The second-order valence-corrected chi connectivity index (χ2v) is 29.5. The minimum Gasteiger partial charge on any atom is -0.546 e. The summed E-state index contributed by atoms with van der Waals surface area (Å²) < 4.78 is 26.5. The zero-order valence-electron chi connectivity index (χ0n) is 31.4. The minimum atomic E-state index is -2.12. The van der Waals surface area contributed by atoms with E-state index in [-0.39, 0.29) is 29.3 Å². The maximum atomic E-state index is 11.2. The summed E-state index contributed by atoms with van der Waals surface area (Å²) in [5.74, 6) is 6.52. The molecule has 45 heavy (non-hydrogen) atoms. The van der Waals surface area contributed by atoms with E-state index in [0.29, 0.717) is 6.42 Å². The van der Waals surface area contributed by atoms with E-state index in [2.05, 4.69) is 112 Å². The Morgan fingerprint density at radius 3 is 2.11 bits per heavy atom. The molecule has 0 aliphatic heterocycles. The molecule has 0 amide bonds. The zero-order valence-corrected chi connectivity index (χ0v) is 34.4. The molecule has 0 saturated carbocycles. The minimum absolute atomic E-state index is 0.0208. The number of hydrogen-bond acceptors (Lipinski definition) is 5. The fourth-order valence-corrected chi connectivity index (χ4v) is 11.4. The largest absolute Gasteiger partial charge is 0.546 e. The van der Waals surface area contributed by atoms with Gasteiger partial charge < -0.3 is 23.1 Å². The second kappa shape index (κ2) is 17.8. The van der Waals surface area contributed by atoms with Gasteiger partial charge in [0.15, 0.2) is 22.7 Å². The Morgan fingerprint density at radius 1 is 1.02 bits per heavy atom. The molecule has 2 unspecified atom stereocenters. The SMILES string of the molecule is CCCCC(C)(C/C=C/[C@H]1C(CC#CCOC(C)C(=O)O)=C(O[Si](C)(C)C(C)(C)C)C[C@@H]1O[Si](CC)(CC)CC)O[Si](C)(C)C. The lowest BCUT2D eigenvalue weighted by Crippen LogP contribution is -2.42. The molecule has 0 aromatic carbocycles. The Balaban J connectivity index is 3.61. The smallest absolute Gasteiger partial charge is 0.332 e. The van der Waals surface area contributed by atoms with Crippen LogP contribution >= 0.6 is 0 Å². The highest BCUT2D eigenvalue weighted by molar-refractivity contribution is 6.74. The van der Waals surface area contributed by atoms with Crippen LogP contribution in [0.1, 0.15) is 101 Å². The van der Waals surface area contributed by atoms with Crippen LogP contribution in [0.3, 0.4) is 0 Å². The first-order chi connectivity index (χ1) is 20.7. The van der Waals surface area contributed by atoms with Crippen LogP contribution in [-0.4, -0.2) is 60.4 Å². The Kier molecular flexibility index (Phi) is 16.6. The summed E-state index contributed by atoms with van der Waals surface area (Å²) in [6, 6.07) is 3.29. The Labute approximate surface area is 280 Å². The van der Waals surface area contributed by atoms with Crippen molar-refractivity contribution in [3.05, 3.63) is 23.5 Å². The van der Waals surface area contributed by atoms with Crippen molar-refractivity contribution < 1.29 is 27.9 Å². The third-order valence-corrected chi connectivity index (χ3v) is 19.9. The molecule has 0 fully saturated rings. The lowest BCUT2D eigenvalue weighted by atomic mass is 9.92. The normalized spacial score (nSPS) is 20.2. The standard InChI is InChI=1S/C36H68O6Si3/c1-15-19-25-36(9,42-43(10,11)12)26-22-24-31-30(23-20-21-27-39-29(5)34(37)38)32(40-44(13,14)35(6,7)8)28-33(31)41-45(16-2,17-3)18-4/h22,24,29,31,33H,15-19,23,25-28H2,1-14H3,(H,37,38)/b24-22+/t29?,31-,33-,36?/m0/s1. The highest BCUT2D eigenvalue weighted by Crippen LogP contribution is 2.45. The summed E-state index contributed by atoms with van der Waals surface area (Å²) in [7, 11) is -5.76. The molecule has 0 bridgehead atoms. The number of carbonyl (C=O) groups is 1. The summed E-state index contributed by atoms with van der Waals surface area (Å²) >= 11 is 0. The predicted octanol–water partition coefficient (Wildman–Crippen LogP) is 10.3. The first-order valence-electron chi connectivity index (χ1n) is 17.4. The van der Waals surface area contributed by atoms with Crippen LogP contribution in [0.2, 0.25) is 55.9 Å². The number of hydrogen-bond donors (Lipinski definition) is 1. The predicted molar refractivity (Wildman–Crippen MR) is 197 cm³/mol. The van der Waals surface area contributed by atoms with E-state index in [1.807, 2.05) is 0 Å². The fraction of sp³-hybridized carbons (Fsp3) is 0.806. The van der Waals surface area contributed by atoms with E-state index in [0.717, 1.165) is 56.0 Å². The van der Waals surface area contributed by atoms with E-state index in [4.69, 9.17) is 23.1 Å². The Hall–Kier alpha value is -1.16. The first kappa shape index (κ1) is 41.9. The number of carboxylic acids is 1. The van der Waals surface area contributed by atoms with Gasteiger partial charge in [-0.15, -0.1) is 0 Å². The maximum Gasteiger partial charge on any atom is 0.332 e. The molecular formula is C36H68O6Si3. The van der Waals surface area contributed by atoms with Gasteiger partial charge in [0.05, 0.1) is 17.5 Å². The van der Waals surface area contributed by atoms with Gasteiger partial charge in [-0.05, 0) is 88.2 Å². The quantitative estimate of drug-likeness (QED) is 0.0831. The molecule has 0 aromatic rings. The third-order valence-electron chi connectivity index (χ3n) is 9.73. The molecule has 4 atom stereocenters. The van der Waals surface area contributed by atoms with Crippen molar-refractivity contribution >= 4 is 30.9 Å². The fourth-order valence-electron chi connectivity index (χ4n) is 5.71. The number of carboxylic acid groups (broad SMARTS) is 1. The summed E-state index contributed by atoms with van der Waals surface area (Å²) in [6.07, 6.45) is 9.35. The number of ether oxygens (including phenoxy) is 1. The molecular weight excluding hydrogens is 613 g/mol. The van der Waals surface area contributed by atoms with Gasteiger partial charge in [-0.25, -0.2) is 4.79 Å². The van der Waals surface area contributed by atoms with Crippen molar-refractivity contribution in [1.29, 1.82) is 0 Å². The van der Waals surface area contributed by atoms with Gasteiger partial charge in [0, 0.05) is 18.8 Å². The van der Waals surface area contributed by atoms with Gasteiger partial charge in [0.2, 0.25) is 8.32 Å². The van der Waals surface area contributed by atoms with Crippen LogP contribution < -0.4 is 0 Å². The lowest BCUT2D eigenvalue weighted by molar-refractivity contribution is -0.148. The van der Waals surface area contributed by atoms with Crippen LogP contribution in [0.5, 0.6) is 0 Å². The molecule has 1 rings (SSSR count). The molecule has 1 aliphatic rings. The third kappa shape index (κ3) is 13.5. The lowest BCUT2D eigenvalue weighted by Gasteiger charge is -2.37. The van der Waals surface area contributed by atoms with Crippen LogP contribution in [0.15, 0.2) is 23.5 Å². The van der Waals surface area contributed by atoms with E-state index < -0.39 is 37.0 Å². The van der Waals surface area contributed by atoms with E-state index in [9.17, 15) is 4.79 Å². The summed E-state index contributed by atoms with van der Waals surface area (Å²) in [5, 5.41) is 9.23. The van der Waals surface area contributed by atoms with Crippen molar-refractivity contribution in [3.8, 4) is 11.8 Å². The van der Waals surface area contributed by atoms with Crippen LogP contribution in [-0.2, 0) is 22.8 Å². The number of aliphatic carboxylic acids is 1. The molecule has 0 radical (unpaired) electrons. The molecule has 1 N–H and O–H groups in total. The summed E-state index contributed by atoms with van der Waals surface area (Å²) in [5.41, 5.74) is 1.01. The Morgan fingerprint density at radius 2 is 1.62 bits per heavy atom. The molecule has 0 heterocycles. The van der Waals surface area contributed by atoms with Crippen LogP contribution in [0, 0.1) is 17.8 Å². The topological polar surface area (TPSA) is 74.2 Å². The monoisotopic (exact) mass is 680 g/mol. The van der Waals surface area contributed by atoms with E-state index >= 15 is 0 Å². The van der Waals surface area contributed by atoms with Crippen molar-refractivity contribution in [2.45, 2.75) is 175 Å². The zero-order chi connectivity index (χ0) is 34.7. The second-order valence-electron chi connectivity index (χ2n) is 15.7.